The zero-order chi connectivity index (χ0) is 26.0. The quantitative estimate of drug-likeness (QED) is 0.272. The van der Waals surface area contributed by atoms with Crippen molar-refractivity contribution in [1.29, 1.82) is 0 Å². The summed E-state index contributed by atoms with van der Waals surface area (Å²) in [5.41, 5.74) is 6.58. The number of hydrogen-bond donors (Lipinski definition) is 0. The molecule has 0 unspecified atom stereocenters. The van der Waals surface area contributed by atoms with Gasteiger partial charge in [-0.05, 0) is 80.7 Å². The second kappa shape index (κ2) is 13.5. The second-order valence-electron chi connectivity index (χ2n) is 10.7. The minimum Gasteiger partial charge on any atom is -0.489 e. The summed E-state index contributed by atoms with van der Waals surface area (Å²) < 4.78 is 5.96. The van der Waals surface area contributed by atoms with Crippen LogP contribution in [0.1, 0.15) is 43.4 Å². The largest absolute Gasteiger partial charge is 0.489 e. The summed E-state index contributed by atoms with van der Waals surface area (Å²) in [7, 11) is 4.19. The molecule has 1 heterocycles. The molecule has 0 atom stereocenters. The molecule has 196 valence electrons. The van der Waals surface area contributed by atoms with Crippen molar-refractivity contribution in [2.75, 3.05) is 38.6 Å². The Hall–Kier alpha value is -3.08. The monoisotopic (exact) mass is 497 g/mol. The van der Waals surface area contributed by atoms with Crippen LogP contribution in [0.4, 0.5) is 5.69 Å². The topological polar surface area (TPSA) is 19.0 Å². The highest BCUT2D eigenvalue weighted by atomic mass is 16.5. The van der Waals surface area contributed by atoms with Gasteiger partial charge in [0.2, 0.25) is 0 Å². The van der Waals surface area contributed by atoms with E-state index in [-0.39, 0.29) is 0 Å². The van der Waals surface area contributed by atoms with E-state index >= 15 is 0 Å². The van der Waals surface area contributed by atoms with Gasteiger partial charge in [0.1, 0.15) is 12.4 Å². The number of anilines is 1. The van der Waals surface area contributed by atoms with Crippen LogP contribution in [0.25, 0.3) is 0 Å². The van der Waals surface area contributed by atoms with Crippen LogP contribution >= 0.6 is 0 Å². The van der Waals surface area contributed by atoms with Gasteiger partial charge < -0.3 is 9.64 Å². The van der Waals surface area contributed by atoms with Gasteiger partial charge in [-0.15, -0.1) is 0 Å². The van der Waals surface area contributed by atoms with Gasteiger partial charge in [0.05, 0.1) is 0 Å². The number of nitrogens with zero attached hydrogens (tertiary/aromatic N) is 3. The molecule has 0 N–H and O–H groups in total. The first-order valence-electron chi connectivity index (χ1n) is 13.6. The first kappa shape index (κ1) is 27.0. The van der Waals surface area contributed by atoms with E-state index in [9.17, 15) is 0 Å². The van der Waals surface area contributed by atoms with Crippen molar-refractivity contribution in [3.05, 3.63) is 107 Å². The summed E-state index contributed by atoms with van der Waals surface area (Å²) in [6.45, 7) is 10.3. The molecule has 0 radical (unpaired) electrons. The first-order valence-corrected chi connectivity index (χ1v) is 13.6. The van der Waals surface area contributed by atoms with Gasteiger partial charge in [-0.1, -0.05) is 66.2 Å². The van der Waals surface area contributed by atoms with Crippen LogP contribution < -0.4 is 9.64 Å². The molecule has 1 aliphatic heterocycles. The lowest BCUT2D eigenvalue weighted by atomic mass is 10.0. The fourth-order valence-electron chi connectivity index (χ4n) is 4.91. The zero-order valence-electron chi connectivity index (χ0n) is 23.1. The highest BCUT2D eigenvalue weighted by molar-refractivity contribution is 5.46. The molecule has 37 heavy (non-hydrogen) atoms. The molecular formula is C33H43N3O. The molecule has 3 aromatic carbocycles. The van der Waals surface area contributed by atoms with Crippen molar-refractivity contribution in [3.8, 4) is 5.75 Å². The highest BCUT2D eigenvalue weighted by Crippen LogP contribution is 2.23. The van der Waals surface area contributed by atoms with Gasteiger partial charge in [0.15, 0.2) is 0 Å². The molecule has 4 heteroatoms. The predicted molar refractivity (Wildman–Crippen MR) is 156 cm³/mol. The van der Waals surface area contributed by atoms with E-state index in [4.69, 9.17) is 4.74 Å². The first-order chi connectivity index (χ1) is 18.0. The molecule has 0 aromatic heterocycles. The normalized spacial score (nSPS) is 14.5. The second-order valence-corrected chi connectivity index (χ2v) is 10.7. The molecule has 1 fully saturated rings. The summed E-state index contributed by atoms with van der Waals surface area (Å²) >= 11 is 0. The van der Waals surface area contributed by atoms with Crippen molar-refractivity contribution in [2.45, 2.75) is 52.4 Å². The molecule has 3 aromatic rings. The van der Waals surface area contributed by atoms with Gasteiger partial charge in [0.25, 0.3) is 0 Å². The summed E-state index contributed by atoms with van der Waals surface area (Å²) in [5, 5.41) is 0. The van der Waals surface area contributed by atoms with Gasteiger partial charge in [-0.2, -0.15) is 0 Å². The Bertz CT molecular complexity index is 1090. The number of rotatable bonds is 11. The molecule has 0 bridgehead atoms. The highest BCUT2D eigenvalue weighted by Gasteiger charge is 2.24. The average Bonchev–Trinajstić information content (AvgIpc) is 2.92. The van der Waals surface area contributed by atoms with E-state index in [1.54, 1.807) is 0 Å². The summed E-state index contributed by atoms with van der Waals surface area (Å²) in [4.78, 5) is 7.43. The maximum absolute atomic E-state index is 5.96. The molecule has 0 aliphatic carbocycles. The molecule has 1 saturated heterocycles. The van der Waals surface area contributed by atoms with Crippen LogP contribution in [-0.4, -0.2) is 49.6 Å². The minimum atomic E-state index is 0.608. The van der Waals surface area contributed by atoms with Gasteiger partial charge in [-0.3, -0.25) is 9.80 Å². The third-order valence-corrected chi connectivity index (χ3v) is 7.22. The number of ether oxygens (including phenoxy) is 1. The molecule has 0 amide bonds. The molecule has 4 rings (SSSR count). The molecule has 4 nitrogen and oxygen atoms in total. The smallest absolute Gasteiger partial charge is 0.119 e. The molecule has 1 aliphatic rings. The Morgan fingerprint density at radius 3 is 2.11 bits per heavy atom. The van der Waals surface area contributed by atoms with E-state index in [0.717, 1.165) is 38.5 Å². The van der Waals surface area contributed by atoms with Gasteiger partial charge in [0, 0.05) is 45.5 Å². The zero-order valence-corrected chi connectivity index (χ0v) is 23.1. The van der Waals surface area contributed by atoms with Crippen molar-refractivity contribution in [2.24, 2.45) is 0 Å². The van der Waals surface area contributed by atoms with E-state index in [1.807, 2.05) is 18.2 Å². The summed E-state index contributed by atoms with van der Waals surface area (Å²) in [5.74, 6) is 0.930. The Labute approximate surface area is 224 Å². The van der Waals surface area contributed by atoms with Gasteiger partial charge >= 0.3 is 0 Å². The lowest BCUT2D eigenvalue weighted by Gasteiger charge is -2.38. The Morgan fingerprint density at radius 1 is 0.838 bits per heavy atom. The lowest BCUT2D eigenvalue weighted by Crippen LogP contribution is -2.44. The minimum absolute atomic E-state index is 0.608. The van der Waals surface area contributed by atoms with Crippen molar-refractivity contribution >= 4 is 5.69 Å². The van der Waals surface area contributed by atoms with E-state index in [1.165, 1.54) is 40.8 Å². The van der Waals surface area contributed by atoms with E-state index in [2.05, 4.69) is 109 Å². The fraction of sp³-hybridized carbons (Fsp3) is 0.394. The molecule has 0 saturated carbocycles. The standard InChI is InChI=1S/C33H43N3O/c1-27(2)18-23-36(25-29-10-14-31(15-11-29)34(3)4)32-19-21-35(22-20-32)24-28-12-16-33(17-13-28)37-26-30-8-6-5-7-9-30/h5-18,32H,19-26H2,1-4H3. The van der Waals surface area contributed by atoms with Crippen LogP contribution in [0, 0.1) is 0 Å². The van der Waals surface area contributed by atoms with Crippen molar-refractivity contribution in [3.63, 3.8) is 0 Å². The third kappa shape index (κ3) is 8.48. The fourth-order valence-corrected chi connectivity index (χ4v) is 4.91. The number of piperidine rings is 1. The predicted octanol–water partition coefficient (Wildman–Crippen LogP) is 6.76. The maximum atomic E-state index is 5.96. The van der Waals surface area contributed by atoms with Gasteiger partial charge in [-0.25, -0.2) is 0 Å². The van der Waals surface area contributed by atoms with Crippen molar-refractivity contribution < 1.29 is 4.74 Å². The number of allylic oxidation sites excluding steroid dienone is 1. The van der Waals surface area contributed by atoms with Crippen LogP contribution in [0.3, 0.4) is 0 Å². The number of likely N-dealkylation sites (tertiary alicyclic amines) is 1. The Kier molecular flexibility index (Phi) is 9.81. The number of benzene rings is 3. The SMILES string of the molecule is CC(C)=CCN(Cc1ccc(N(C)C)cc1)C1CCN(Cc2ccc(OCc3ccccc3)cc2)CC1. The molecule has 0 spiro atoms. The molecular weight excluding hydrogens is 454 g/mol. The average molecular weight is 498 g/mol. The van der Waals surface area contributed by atoms with Crippen molar-refractivity contribution in [1.82, 2.24) is 9.80 Å². The number of hydrogen-bond acceptors (Lipinski definition) is 4. The summed E-state index contributed by atoms with van der Waals surface area (Å²) in [6, 6.07) is 28.6. The van der Waals surface area contributed by atoms with E-state index < -0.39 is 0 Å². The lowest BCUT2D eigenvalue weighted by molar-refractivity contribution is 0.108. The Morgan fingerprint density at radius 2 is 1.49 bits per heavy atom. The van der Waals surface area contributed by atoms with Crippen LogP contribution in [-0.2, 0) is 19.7 Å². The van der Waals surface area contributed by atoms with Crippen LogP contribution in [0.2, 0.25) is 0 Å². The maximum Gasteiger partial charge on any atom is 0.119 e. The van der Waals surface area contributed by atoms with Crippen LogP contribution in [0.5, 0.6) is 5.75 Å². The summed E-state index contributed by atoms with van der Waals surface area (Å²) in [6.07, 6.45) is 4.80. The van der Waals surface area contributed by atoms with Crippen LogP contribution in [0.15, 0.2) is 90.5 Å². The Balaban J connectivity index is 1.28. The third-order valence-electron chi connectivity index (χ3n) is 7.22. The van der Waals surface area contributed by atoms with E-state index in [0.29, 0.717) is 12.6 Å².